The van der Waals surface area contributed by atoms with Crippen LogP contribution in [0.4, 0.5) is 0 Å². The first-order valence-corrected chi connectivity index (χ1v) is 5.58. The summed E-state index contributed by atoms with van der Waals surface area (Å²) in [5, 5.41) is 0. The lowest BCUT2D eigenvalue weighted by Gasteiger charge is -2.13. The molecule has 0 heterocycles. The van der Waals surface area contributed by atoms with Crippen molar-refractivity contribution < 1.29 is 14.2 Å². The monoisotopic (exact) mass is 223 g/mol. The van der Waals surface area contributed by atoms with Crippen molar-refractivity contribution in [3.8, 4) is 17.2 Å². The molecule has 1 aromatic carbocycles. The van der Waals surface area contributed by atoms with Crippen LogP contribution in [0.15, 0.2) is 12.1 Å². The minimum absolute atomic E-state index is 0.663. The number of rotatable bonds is 7. The SMILES string of the molecule is CCCCCOc1c(OC)c[c]cc1OC. The van der Waals surface area contributed by atoms with Gasteiger partial charge in [-0.3, -0.25) is 0 Å². The van der Waals surface area contributed by atoms with Crippen LogP contribution in [0, 0.1) is 6.07 Å². The molecule has 0 atom stereocenters. The van der Waals surface area contributed by atoms with Crippen molar-refractivity contribution in [3.05, 3.63) is 18.2 Å². The number of hydrogen-bond donors (Lipinski definition) is 0. The summed E-state index contributed by atoms with van der Waals surface area (Å²) in [7, 11) is 3.23. The summed E-state index contributed by atoms with van der Waals surface area (Å²) in [4.78, 5) is 0. The number of methoxy groups -OCH3 is 2. The molecular weight excluding hydrogens is 204 g/mol. The lowest BCUT2D eigenvalue weighted by molar-refractivity contribution is 0.268. The Morgan fingerprint density at radius 1 is 1.06 bits per heavy atom. The molecule has 0 aliphatic carbocycles. The summed E-state index contributed by atoms with van der Waals surface area (Å²) in [5.74, 6) is 1.99. The smallest absolute Gasteiger partial charge is 0.203 e. The lowest BCUT2D eigenvalue weighted by Crippen LogP contribution is -2.01. The Kier molecular flexibility index (Phi) is 5.54. The standard InChI is InChI=1S/C13H19O3/c1-4-5-6-10-16-13-11(14-2)8-7-9-12(13)15-3/h8-9H,4-6,10H2,1-3H3. The maximum Gasteiger partial charge on any atom is 0.203 e. The molecule has 0 spiro atoms. The molecule has 0 unspecified atom stereocenters. The second-order valence-electron chi connectivity index (χ2n) is 3.48. The molecule has 0 N–H and O–H groups in total. The van der Waals surface area contributed by atoms with Crippen LogP contribution in [-0.4, -0.2) is 20.8 Å². The highest BCUT2D eigenvalue weighted by atomic mass is 16.5. The average molecular weight is 223 g/mol. The second kappa shape index (κ2) is 6.99. The van der Waals surface area contributed by atoms with Gasteiger partial charge in [0.1, 0.15) is 0 Å². The molecule has 1 aromatic rings. The summed E-state index contributed by atoms with van der Waals surface area (Å²) in [6.07, 6.45) is 3.39. The van der Waals surface area contributed by atoms with Crippen molar-refractivity contribution in [2.75, 3.05) is 20.8 Å². The number of ether oxygens (including phenoxy) is 3. The van der Waals surface area contributed by atoms with Crippen molar-refractivity contribution in [1.29, 1.82) is 0 Å². The third kappa shape index (κ3) is 3.33. The Bertz CT molecular complexity index is 288. The Morgan fingerprint density at radius 2 is 1.69 bits per heavy atom. The van der Waals surface area contributed by atoms with Gasteiger partial charge in [0, 0.05) is 0 Å². The van der Waals surface area contributed by atoms with E-state index in [1.54, 1.807) is 26.4 Å². The van der Waals surface area contributed by atoms with E-state index in [9.17, 15) is 0 Å². The van der Waals surface area contributed by atoms with Crippen LogP contribution >= 0.6 is 0 Å². The minimum Gasteiger partial charge on any atom is -0.493 e. The zero-order chi connectivity index (χ0) is 11.8. The molecule has 0 aliphatic heterocycles. The zero-order valence-electron chi connectivity index (χ0n) is 10.2. The highest BCUT2D eigenvalue weighted by molar-refractivity contribution is 5.50. The average Bonchev–Trinajstić information content (AvgIpc) is 2.34. The van der Waals surface area contributed by atoms with Gasteiger partial charge >= 0.3 is 0 Å². The van der Waals surface area contributed by atoms with Gasteiger partial charge in [-0.25, -0.2) is 0 Å². The molecule has 1 radical (unpaired) electrons. The van der Waals surface area contributed by atoms with E-state index < -0.39 is 0 Å². The topological polar surface area (TPSA) is 27.7 Å². The third-order valence-electron chi connectivity index (χ3n) is 2.31. The lowest BCUT2D eigenvalue weighted by atomic mass is 10.2. The highest BCUT2D eigenvalue weighted by Gasteiger charge is 2.10. The van der Waals surface area contributed by atoms with E-state index in [1.807, 2.05) is 0 Å². The fourth-order valence-corrected chi connectivity index (χ4v) is 1.42. The van der Waals surface area contributed by atoms with Gasteiger partial charge in [-0.05, 0) is 24.6 Å². The van der Waals surface area contributed by atoms with Gasteiger partial charge in [0.15, 0.2) is 11.5 Å². The Balaban J connectivity index is 2.67. The summed E-state index contributed by atoms with van der Waals surface area (Å²) >= 11 is 0. The molecule has 16 heavy (non-hydrogen) atoms. The molecule has 3 nitrogen and oxygen atoms in total. The van der Waals surface area contributed by atoms with Crippen molar-refractivity contribution in [1.82, 2.24) is 0 Å². The van der Waals surface area contributed by atoms with Crippen LogP contribution in [0.3, 0.4) is 0 Å². The first kappa shape index (κ1) is 12.7. The van der Waals surface area contributed by atoms with Crippen LogP contribution in [0.5, 0.6) is 17.2 Å². The predicted octanol–water partition coefficient (Wildman–Crippen LogP) is 3.07. The molecule has 0 aliphatic rings. The molecule has 1 rings (SSSR count). The number of hydrogen-bond acceptors (Lipinski definition) is 3. The van der Waals surface area contributed by atoms with E-state index in [-0.39, 0.29) is 0 Å². The van der Waals surface area contributed by atoms with Crippen LogP contribution in [-0.2, 0) is 0 Å². The van der Waals surface area contributed by atoms with Gasteiger partial charge in [-0.15, -0.1) is 0 Å². The summed E-state index contributed by atoms with van der Waals surface area (Å²) < 4.78 is 16.1. The molecular formula is C13H19O3. The van der Waals surface area contributed by atoms with Gasteiger partial charge in [0.2, 0.25) is 5.75 Å². The van der Waals surface area contributed by atoms with Gasteiger partial charge in [0.25, 0.3) is 0 Å². The normalized spacial score (nSPS) is 9.94. The van der Waals surface area contributed by atoms with E-state index in [4.69, 9.17) is 14.2 Å². The quantitative estimate of drug-likeness (QED) is 0.665. The van der Waals surface area contributed by atoms with Crippen LogP contribution in [0.2, 0.25) is 0 Å². The van der Waals surface area contributed by atoms with Gasteiger partial charge in [-0.1, -0.05) is 19.8 Å². The number of benzene rings is 1. The first-order valence-electron chi connectivity index (χ1n) is 5.58. The minimum atomic E-state index is 0.663. The third-order valence-corrected chi connectivity index (χ3v) is 2.31. The highest BCUT2D eigenvalue weighted by Crippen LogP contribution is 2.36. The summed E-state index contributed by atoms with van der Waals surface area (Å²) in [5.41, 5.74) is 0. The molecule has 0 saturated heterocycles. The second-order valence-corrected chi connectivity index (χ2v) is 3.48. The fourth-order valence-electron chi connectivity index (χ4n) is 1.42. The predicted molar refractivity (Wildman–Crippen MR) is 63.4 cm³/mol. The van der Waals surface area contributed by atoms with Gasteiger partial charge in [0.05, 0.1) is 20.8 Å². The van der Waals surface area contributed by atoms with E-state index in [2.05, 4.69) is 13.0 Å². The van der Waals surface area contributed by atoms with Crippen molar-refractivity contribution in [3.63, 3.8) is 0 Å². The largest absolute Gasteiger partial charge is 0.493 e. The van der Waals surface area contributed by atoms with E-state index in [0.717, 1.165) is 6.42 Å². The maximum absolute atomic E-state index is 5.68. The zero-order valence-corrected chi connectivity index (χ0v) is 10.2. The Hall–Kier alpha value is -1.38. The fraction of sp³-hybridized carbons (Fsp3) is 0.538. The number of unbranched alkanes of at least 4 members (excludes halogenated alkanes) is 2. The Morgan fingerprint density at radius 3 is 2.19 bits per heavy atom. The summed E-state index contributed by atoms with van der Waals surface area (Å²) in [6.45, 7) is 2.85. The molecule has 0 bridgehead atoms. The van der Waals surface area contributed by atoms with Gasteiger partial charge < -0.3 is 14.2 Å². The van der Waals surface area contributed by atoms with Gasteiger partial charge in [-0.2, -0.15) is 0 Å². The van der Waals surface area contributed by atoms with Crippen LogP contribution in [0.25, 0.3) is 0 Å². The maximum atomic E-state index is 5.68. The van der Waals surface area contributed by atoms with E-state index in [1.165, 1.54) is 12.8 Å². The van der Waals surface area contributed by atoms with E-state index in [0.29, 0.717) is 23.9 Å². The molecule has 3 heteroatoms. The van der Waals surface area contributed by atoms with Crippen molar-refractivity contribution in [2.45, 2.75) is 26.2 Å². The Labute approximate surface area is 97.3 Å². The van der Waals surface area contributed by atoms with Crippen molar-refractivity contribution in [2.24, 2.45) is 0 Å². The van der Waals surface area contributed by atoms with Crippen LogP contribution in [0.1, 0.15) is 26.2 Å². The summed E-state index contributed by atoms with van der Waals surface area (Å²) in [6, 6.07) is 6.44. The van der Waals surface area contributed by atoms with Crippen molar-refractivity contribution >= 4 is 0 Å². The van der Waals surface area contributed by atoms with Crippen LogP contribution < -0.4 is 14.2 Å². The molecule has 0 fully saturated rings. The molecule has 0 saturated carbocycles. The molecule has 89 valence electrons. The molecule has 0 aromatic heterocycles. The van der Waals surface area contributed by atoms with E-state index >= 15 is 0 Å². The molecule has 0 amide bonds. The first-order chi connectivity index (χ1) is 7.83.